The maximum absolute atomic E-state index is 12.9. The Morgan fingerprint density at radius 1 is 1.10 bits per heavy atom. The lowest BCUT2D eigenvalue weighted by atomic mass is 9.82. The third-order valence-electron chi connectivity index (χ3n) is 6.41. The molecule has 0 spiro atoms. The van der Waals surface area contributed by atoms with Gasteiger partial charge in [-0.2, -0.15) is 0 Å². The van der Waals surface area contributed by atoms with Crippen molar-refractivity contribution in [3.05, 3.63) is 59.9 Å². The first kappa shape index (κ1) is 20.4. The van der Waals surface area contributed by atoms with Crippen molar-refractivity contribution < 1.29 is 14.3 Å². The largest absolute Gasteiger partial charge is 0.497 e. The molecule has 2 fully saturated rings. The highest BCUT2D eigenvalue weighted by Crippen LogP contribution is 2.33. The van der Waals surface area contributed by atoms with Crippen molar-refractivity contribution >= 4 is 11.8 Å². The van der Waals surface area contributed by atoms with Crippen LogP contribution in [0.2, 0.25) is 0 Å². The molecule has 4 rings (SSSR count). The number of likely N-dealkylation sites (tertiary alicyclic amines) is 2. The second-order valence-electron chi connectivity index (χ2n) is 8.34. The standard InChI is InChI=1S/C24H29N3O3/c1-30-22-6-4-18(5-7-22)13-23(28)27-11-8-20-14-24(29)26(12-9-21(20)17-27)16-19-3-2-10-25-15-19/h2-7,10,15,20-21H,8-9,11-14,16-17H2,1H3. The topological polar surface area (TPSA) is 62.7 Å². The van der Waals surface area contributed by atoms with Gasteiger partial charge in [-0.25, -0.2) is 0 Å². The summed E-state index contributed by atoms with van der Waals surface area (Å²) in [4.78, 5) is 33.8. The minimum Gasteiger partial charge on any atom is -0.497 e. The zero-order valence-electron chi connectivity index (χ0n) is 17.5. The van der Waals surface area contributed by atoms with Crippen LogP contribution in [0.5, 0.6) is 5.75 Å². The predicted molar refractivity (Wildman–Crippen MR) is 114 cm³/mol. The first-order valence-corrected chi connectivity index (χ1v) is 10.7. The molecule has 1 aromatic carbocycles. The highest BCUT2D eigenvalue weighted by Gasteiger charge is 2.36. The van der Waals surface area contributed by atoms with E-state index >= 15 is 0 Å². The van der Waals surface area contributed by atoms with Gasteiger partial charge in [-0.05, 0) is 54.0 Å². The normalized spacial score (nSPS) is 21.7. The Hall–Kier alpha value is -2.89. The molecular formula is C24H29N3O3. The predicted octanol–water partition coefficient (Wildman–Crippen LogP) is 2.92. The molecule has 0 saturated carbocycles. The summed E-state index contributed by atoms with van der Waals surface area (Å²) in [5.74, 6) is 1.96. The summed E-state index contributed by atoms with van der Waals surface area (Å²) in [6.45, 7) is 2.86. The van der Waals surface area contributed by atoms with Crippen LogP contribution in [-0.2, 0) is 22.6 Å². The number of ether oxygens (including phenoxy) is 1. The summed E-state index contributed by atoms with van der Waals surface area (Å²) in [5.41, 5.74) is 2.06. The summed E-state index contributed by atoms with van der Waals surface area (Å²) >= 11 is 0. The van der Waals surface area contributed by atoms with Crippen LogP contribution in [0.3, 0.4) is 0 Å². The number of piperidine rings is 1. The van der Waals surface area contributed by atoms with E-state index in [0.717, 1.165) is 49.4 Å². The molecular weight excluding hydrogens is 378 g/mol. The van der Waals surface area contributed by atoms with Crippen LogP contribution in [0.1, 0.15) is 30.4 Å². The van der Waals surface area contributed by atoms with E-state index in [1.807, 2.05) is 52.4 Å². The number of aromatic nitrogens is 1. The Morgan fingerprint density at radius 2 is 1.90 bits per heavy atom. The molecule has 0 N–H and O–H groups in total. The molecule has 0 bridgehead atoms. The smallest absolute Gasteiger partial charge is 0.226 e. The average molecular weight is 408 g/mol. The maximum atomic E-state index is 12.9. The third kappa shape index (κ3) is 4.81. The first-order valence-electron chi connectivity index (χ1n) is 10.7. The van der Waals surface area contributed by atoms with Crippen molar-refractivity contribution in [2.75, 3.05) is 26.7 Å². The van der Waals surface area contributed by atoms with E-state index in [9.17, 15) is 9.59 Å². The SMILES string of the molecule is COc1ccc(CC(=O)N2CCC3CC(=O)N(Cc4cccnc4)CCC3C2)cc1. The number of fused-ring (bicyclic) bond motifs is 1. The molecule has 2 aliphatic heterocycles. The second kappa shape index (κ2) is 9.28. The van der Waals surface area contributed by atoms with Crippen molar-refractivity contribution in [2.45, 2.75) is 32.2 Å². The number of carbonyl (C=O) groups is 2. The van der Waals surface area contributed by atoms with E-state index in [1.54, 1.807) is 13.3 Å². The molecule has 3 heterocycles. The Balaban J connectivity index is 1.35. The molecule has 2 aliphatic rings. The average Bonchev–Trinajstić information content (AvgIpc) is 2.93. The van der Waals surface area contributed by atoms with E-state index < -0.39 is 0 Å². The molecule has 2 atom stereocenters. The lowest BCUT2D eigenvalue weighted by molar-refractivity contribution is -0.133. The molecule has 2 aromatic rings. The van der Waals surface area contributed by atoms with E-state index in [4.69, 9.17) is 4.74 Å². The molecule has 1 aromatic heterocycles. The summed E-state index contributed by atoms with van der Waals surface area (Å²) in [6, 6.07) is 11.6. The number of rotatable bonds is 5. The fourth-order valence-corrected chi connectivity index (χ4v) is 4.61. The quantitative estimate of drug-likeness (QED) is 0.765. The molecule has 6 heteroatoms. The van der Waals surface area contributed by atoms with E-state index in [-0.39, 0.29) is 11.8 Å². The molecule has 2 unspecified atom stereocenters. The third-order valence-corrected chi connectivity index (χ3v) is 6.41. The van der Waals surface area contributed by atoms with Crippen molar-refractivity contribution in [1.82, 2.24) is 14.8 Å². The molecule has 0 aliphatic carbocycles. The molecule has 0 radical (unpaired) electrons. The van der Waals surface area contributed by atoms with Gasteiger partial charge in [0.1, 0.15) is 5.75 Å². The molecule has 2 saturated heterocycles. The highest BCUT2D eigenvalue weighted by atomic mass is 16.5. The Kier molecular flexibility index (Phi) is 6.31. The Labute approximate surface area is 177 Å². The first-order chi connectivity index (χ1) is 14.6. The number of pyridine rings is 1. The van der Waals surface area contributed by atoms with Crippen LogP contribution in [0.15, 0.2) is 48.8 Å². The summed E-state index contributed by atoms with van der Waals surface area (Å²) in [7, 11) is 1.64. The number of benzene rings is 1. The van der Waals surface area contributed by atoms with Gasteiger partial charge in [-0.1, -0.05) is 18.2 Å². The Bertz CT molecular complexity index is 869. The number of amides is 2. The van der Waals surface area contributed by atoms with Gasteiger partial charge in [0.15, 0.2) is 0 Å². The number of hydrogen-bond donors (Lipinski definition) is 0. The second-order valence-corrected chi connectivity index (χ2v) is 8.34. The summed E-state index contributed by atoms with van der Waals surface area (Å²) in [5, 5.41) is 0. The van der Waals surface area contributed by atoms with Gasteiger partial charge in [0.2, 0.25) is 11.8 Å². The zero-order chi connectivity index (χ0) is 20.9. The van der Waals surface area contributed by atoms with Gasteiger partial charge in [-0.3, -0.25) is 14.6 Å². The van der Waals surface area contributed by atoms with Gasteiger partial charge in [0.25, 0.3) is 0 Å². The van der Waals surface area contributed by atoms with Gasteiger partial charge < -0.3 is 14.5 Å². The zero-order valence-corrected chi connectivity index (χ0v) is 17.5. The number of carbonyl (C=O) groups excluding carboxylic acids is 2. The molecule has 6 nitrogen and oxygen atoms in total. The lowest BCUT2D eigenvalue weighted by Crippen LogP contribution is -2.44. The maximum Gasteiger partial charge on any atom is 0.226 e. The van der Waals surface area contributed by atoms with Crippen molar-refractivity contribution in [2.24, 2.45) is 11.8 Å². The fourth-order valence-electron chi connectivity index (χ4n) is 4.61. The molecule has 30 heavy (non-hydrogen) atoms. The van der Waals surface area contributed by atoms with Crippen molar-refractivity contribution in [1.29, 1.82) is 0 Å². The van der Waals surface area contributed by atoms with Crippen LogP contribution in [-0.4, -0.2) is 53.3 Å². The monoisotopic (exact) mass is 407 g/mol. The van der Waals surface area contributed by atoms with Crippen molar-refractivity contribution in [3.63, 3.8) is 0 Å². The molecule has 2 amide bonds. The van der Waals surface area contributed by atoms with Gasteiger partial charge in [-0.15, -0.1) is 0 Å². The fraction of sp³-hybridized carbons (Fsp3) is 0.458. The van der Waals surface area contributed by atoms with Crippen LogP contribution in [0.25, 0.3) is 0 Å². The van der Waals surface area contributed by atoms with Crippen LogP contribution in [0, 0.1) is 11.8 Å². The highest BCUT2D eigenvalue weighted by molar-refractivity contribution is 5.79. The van der Waals surface area contributed by atoms with E-state index in [2.05, 4.69) is 4.98 Å². The van der Waals surface area contributed by atoms with Crippen molar-refractivity contribution in [3.8, 4) is 5.75 Å². The Morgan fingerprint density at radius 3 is 2.63 bits per heavy atom. The lowest BCUT2D eigenvalue weighted by Gasteiger charge is -2.37. The number of hydrogen-bond acceptors (Lipinski definition) is 4. The summed E-state index contributed by atoms with van der Waals surface area (Å²) < 4.78 is 5.19. The van der Waals surface area contributed by atoms with E-state index in [0.29, 0.717) is 31.2 Å². The molecule has 158 valence electrons. The van der Waals surface area contributed by atoms with Gasteiger partial charge in [0, 0.05) is 45.0 Å². The van der Waals surface area contributed by atoms with Gasteiger partial charge >= 0.3 is 0 Å². The van der Waals surface area contributed by atoms with Crippen LogP contribution < -0.4 is 4.74 Å². The minimum atomic E-state index is 0.168. The van der Waals surface area contributed by atoms with Crippen LogP contribution >= 0.6 is 0 Å². The summed E-state index contributed by atoms with van der Waals surface area (Å²) in [6.07, 6.45) is 6.43. The number of methoxy groups -OCH3 is 1. The minimum absolute atomic E-state index is 0.168. The van der Waals surface area contributed by atoms with Crippen LogP contribution in [0.4, 0.5) is 0 Å². The van der Waals surface area contributed by atoms with E-state index in [1.165, 1.54) is 0 Å². The number of nitrogens with zero attached hydrogens (tertiary/aromatic N) is 3. The van der Waals surface area contributed by atoms with Gasteiger partial charge in [0.05, 0.1) is 13.5 Å².